The molecule has 1 aliphatic heterocycles. The van der Waals surface area contributed by atoms with E-state index in [0.717, 1.165) is 10.5 Å². The molecule has 1 aromatic rings. The molecule has 0 spiro atoms. The van der Waals surface area contributed by atoms with Crippen LogP contribution in [0, 0.1) is 6.92 Å². The minimum Gasteiger partial charge on any atom is -0.480 e. The number of aryl methyl sites for hydroxylation is 1. The summed E-state index contributed by atoms with van der Waals surface area (Å²) >= 11 is 0. The number of rotatable bonds is 2. The van der Waals surface area contributed by atoms with Crippen molar-refractivity contribution in [2.75, 3.05) is 11.4 Å². The molecule has 82 valence electrons. The number of amides is 1. The van der Waals surface area contributed by atoms with E-state index in [-0.39, 0.29) is 5.56 Å². The van der Waals surface area contributed by atoms with Gasteiger partial charge >= 0.3 is 5.97 Å². The van der Waals surface area contributed by atoms with Crippen molar-refractivity contribution >= 4 is 23.3 Å². The molecule has 0 atom stereocenters. The summed E-state index contributed by atoms with van der Waals surface area (Å²) in [4.78, 5) is 34.6. The Kier molecular flexibility index (Phi) is 2.23. The molecule has 0 saturated carbocycles. The molecule has 2 rings (SSSR count). The standard InChI is InChI=1S/C11H9NO4/c1-6-2-3-7-8(4-6)12(5-9(13)14)11(16)10(7)15/h2-4H,5H2,1H3,(H,13,14). The summed E-state index contributed by atoms with van der Waals surface area (Å²) in [6.07, 6.45) is 0. The highest BCUT2D eigenvalue weighted by atomic mass is 16.4. The predicted molar refractivity (Wildman–Crippen MR) is 55.5 cm³/mol. The SMILES string of the molecule is Cc1ccc2c(c1)N(CC(=O)O)C(=O)C2=O. The summed E-state index contributed by atoms with van der Waals surface area (Å²) in [7, 11) is 0. The molecule has 0 unspecified atom stereocenters. The molecule has 0 fully saturated rings. The third kappa shape index (κ3) is 1.46. The lowest BCUT2D eigenvalue weighted by molar-refractivity contribution is -0.136. The van der Waals surface area contributed by atoms with Gasteiger partial charge in [-0.25, -0.2) is 0 Å². The Morgan fingerprint density at radius 1 is 1.38 bits per heavy atom. The number of Topliss-reactive ketones (excluding diaryl/α,β-unsaturated/α-hetero) is 1. The maximum Gasteiger partial charge on any atom is 0.323 e. The monoisotopic (exact) mass is 219 g/mol. The van der Waals surface area contributed by atoms with E-state index in [1.54, 1.807) is 18.2 Å². The van der Waals surface area contributed by atoms with E-state index >= 15 is 0 Å². The summed E-state index contributed by atoms with van der Waals surface area (Å²) in [6, 6.07) is 4.90. The van der Waals surface area contributed by atoms with Crippen LogP contribution in [0.4, 0.5) is 5.69 Å². The number of carboxylic acids is 1. The first-order valence-electron chi connectivity index (χ1n) is 4.69. The van der Waals surface area contributed by atoms with Gasteiger partial charge in [0.15, 0.2) is 0 Å². The van der Waals surface area contributed by atoms with E-state index in [4.69, 9.17) is 5.11 Å². The molecule has 0 aromatic heterocycles. The average molecular weight is 219 g/mol. The number of hydrogen-bond donors (Lipinski definition) is 1. The molecule has 1 aromatic carbocycles. The molecule has 5 nitrogen and oxygen atoms in total. The van der Waals surface area contributed by atoms with E-state index in [1.807, 2.05) is 6.92 Å². The van der Waals surface area contributed by atoms with E-state index in [0.29, 0.717) is 5.69 Å². The number of carbonyl (C=O) groups excluding carboxylic acids is 2. The van der Waals surface area contributed by atoms with Gasteiger partial charge < -0.3 is 5.11 Å². The number of ketones is 1. The number of hydrogen-bond acceptors (Lipinski definition) is 3. The Bertz CT molecular complexity index is 507. The fourth-order valence-corrected chi connectivity index (χ4v) is 1.70. The highest BCUT2D eigenvalue weighted by Crippen LogP contribution is 2.29. The van der Waals surface area contributed by atoms with Crippen LogP contribution < -0.4 is 4.90 Å². The summed E-state index contributed by atoms with van der Waals surface area (Å²) in [5, 5.41) is 8.67. The van der Waals surface area contributed by atoms with Gasteiger partial charge in [0.2, 0.25) is 0 Å². The summed E-state index contributed by atoms with van der Waals surface area (Å²) in [5.41, 5.74) is 1.53. The van der Waals surface area contributed by atoms with Crippen LogP contribution in [0.15, 0.2) is 18.2 Å². The fourth-order valence-electron chi connectivity index (χ4n) is 1.70. The molecular weight excluding hydrogens is 210 g/mol. The van der Waals surface area contributed by atoms with Crippen LogP contribution in [-0.4, -0.2) is 29.3 Å². The van der Waals surface area contributed by atoms with E-state index in [2.05, 4.69) is 0 Å². The van der Waals surface area contributed by atoms with Gasteiger partial charge in [0, 0.05) is 0 Å². The highest BCUT2D eigenvalue weighted by molar-refractivity contribution is 6.52. The van der Waals surface area contributed by atoms with Gasteiger partial charge in [-0.1, -0.05) is 6.07 Å². The van der Waals surface area contributed by atoms with Gasteiger partial charge in [0.05, 0.1) is 11.3 Å². The molecule has 1 N–H and O–H groups in total. The zero-order valence-corrected chi connectivity index (χ0v) is 8.56. The lowest BCUT2D eigenvalue weighted by Crippen LogP contribution is -2.34. The molecule has 1 heterocycles. The average Bonchev–Trinajstić information content (AvgIpc) is 2.43. The molecule has 1 aliphatic rings. The number of fused-ring (bicyclic) bond motifs is 1. The van der Waals surface area contributed by atoms with Crippen molar-refractivity contribution < 1.29 is 19.5 Å². The van der Waals surface area contributed by atoms with Crippen molar-refractivity contribution in [1.82, 2.24) is 0 Å². The molecule has 0 saturated heterocycles. The van der Waals surface area contributed by atoms with Crippen LogP contribution in [0.25, 0.3) is 0 Å². The second-order valence-electron chi connectivity index (χ2n) is 3.63. The van der Waals surface area contributed by atoms with Crippen molar-refractivity contribution in [2.24, 2.45) is 0 Å². The zero-order valence-electron chi connectivity index (χ0n) is 8.56. The quantitative estimate of drug-likeness (QED) is 0.739. The van der Waals surface area contributed by atoms with Crippen LogP contribution in [0.5, 0.6) is 0 Å². The van der Waals surface area contributed by atoms with Crippen LogP contribution in [0.2, 0.25) is 0 Å². The lowest BCUT2D eigenvalue weighted by Gasteiger charge is -2.13. The van der Waals surface area contributed by atoms with Gasteiger partial charge in [0.25, 0.3) is 11.7 Å². The lowest BCUT2D eigenvalue weighted by atomic mass is 10.1. The Balaban J connectivity index is 2.51. The zero-order chi connectivity index (χ0) is 11.9. The molecule has 0 bridgehead atoms. The Labute approximate surface area is 91.3 Å². The summed E-state index contributed by atoms with van der Waals surface area (Å²) in [5.74, 6) is -2.56. The van der Waals surface area contributed by atoms with Crippen LogP contribution in [0.3, 0.4) is 0 Å². The molecule has 0 radical (unpaired) electrons. The summed E-state index contributed by atoms with van der Waals surface area (Å²) < 4.78 is 0. The maximum atomic E-state index is 11.5. The molecular formula is C11H9NO4. The number of carboxylic acid groups (broad SMARTS) is 1. The normalized spacial score (nSPS) is 14.2. The number of benzene rings is 1. The smallest absolute Gasteiger partial charge is 0.323 e. The minimum atomic E-state index is -1.14. The minimum absolute atomic E-state index is 0.275. The van der Waals surface area contributed by atoms with Gasteiger partial charge in [-0.2, -0.15) is 0 Å². The summed E-state index contributed by atoms with van der Waals surface area (Å²) in [6.45, 7) is 1.33. The van der Waals surface area contributed by atoms with Crippen LogP contribution >= 0.6 is 0 Å². The van der Waals surface area contributed by atoms with Crippen molar-refractivity contribution in [3.63, 3.8) is 0 Å². The van der Waals surface area contributed by atoms with E-state index in [9.17, 15) is 14.4 Å². The number of anilines is 1. The van der Waals surface area contributed by atoms with Crippen LogP contribution in [-0.2, 0) is 9.59 Å². The van der Waals surface area contributed by atoms with Gasteiger partial charge in [-0.3, -0.25) is 19.3 Å². The second kappa shape index (κ2) is 3.44. The van der Waals surface area contributed by atoms with Crippen molar-refractivity contribution in [2.45, 2.75) is 6.92 Å². The number of nitrogens with zero attached hydrogens (tertiary/aromatic N) is 1. The van der Waals surface area contributed by atoms with Crippen molar-refractivity contribution in [3.05, 3.63) is 29.3 Å². The highest BCUT2D eigenvalue weighted by Gasteiger charge is 2.36. The maximum absolute atomic E-state index is 11.5. The van der Waals surface area contributed by atoms with Crippen molar-refractivity contribution in [1.29, 1.82) is 0 Å². The first-order valence-corrected chi connectivity index (χ1v) is 4.69. The first-order chi connectivity index (χ1) is 7.50. The topological polar surface area (TPSA) is 74.7 Å². The Morgan fingerprint density at radius 3 is 2.69 bits per heavy atom. The largest absolute Gasteiger partial charge is 0.480 e. The fraction of sp³-hybridized carbons (Fsp3) is 0.182. The third-order valence-electron chi connectivity index (χ3n) is 2.42. The first kappa shape index (κ1) is 10.4. The Morgan fingerprint density at radius 2 is 2.06 bits per heavy atom. The van der Waals surface area contributed by atoms with E-state index in [1.165, 1.54) is 0 Å². The third-order valence-corrected chi connectivity index (χ3v) is 2.42. The van der Waals surface area contributed by atoms with Crippen LogP contribution in [0.1, 0.15) is 15.9 Å². The Hall–Kier alpha value is -2.17. The van der Waals surface area contributed by atoms with Gasteiger partial charge in [-0.05, 0) is 24.6 Å². The molecule has 5 heteroatoms. The van der Waals surface area contributed by atoms with Gasteiger partial charge in [-0.15, -0.1) is 0 Å². The molecule has 1 amide bonds. The number of aliphatic carboxylic acids is 1. The van der Waals surface area contributed by atoms with Crippen molar-refractivity contribution in [3.8, 4) is 0 Å². The predicted octanol–water partition coefficient (Wildman–Crippen LogP) is 0.609. The van der Waals surface area contributed by atoms with Gasteiger partial charge in [0.1, 0.15) is 6.54 Å². The molecule has 16 heavy (non-hydrogen) atoms. The molecule has 0 aliphatic carbocycles. The number of carbonyl (C=O) groups is 3. The second-order valence-corrected chi connectivity index (χ2v) is 3.63. The van der Waals surface area contributed by atoms with E-state index < -0.39 is 24.2 Å².